The van der Waals surface area contributed by atoms with Crippen LogP contribution in [0.3, 0.4) is 0 Å². The molecule has 0 radical (unpaired) electrons. The van der Waals surface area contributed by atoms with Crippen LogP contribution in [0, 0.1) is 12.3 Å². The van der Waals surface area contributed by atoms with Crippen LogP contribution < -0.4 is 4.74 Å². The molecule has 1 aromatic rings. The molecule has 0 N–H and O–H groups in total. The molecule has 0 bridgehead atoms. The van der Waals surface area contributed by atoms with Crippen LogP contribution in [0.15, 0.2) is 18.3 Å². The molecule has 0 unspecified atom stereocenters. The Morgan fingerprint density at radius 3 is 3.15 bits per heavy atom. The van der Waals surface area contributed by atoms with Gasteiger partial charge in [0.15, 0.2) is 12.4 Å². The fourth-order valence-corrected chi connectivity index (χ4v) is 0.884. The number of Topliss-reactive ketones (excluding diaryl/α,β-unsaturated/α-hetero) is 1. The molecule has 0 aliphatic heterocycles. The molecule has 0 fully saturated rings. The zero-order chi connectivity index (χ0) is 9.68. The topological polar surface area (TPSA) is 39.2 Å². The van der Waals surface area contributed by atoms with Crippen molar-refractivity contribution < 1.29 is 9.53 Å². The van der Waals surface area contributed by atoms with Gasteiger partial charge in [-0.2, -0.15) is 0 Å². The number of carbonyl (C=O) groups excluding carboxylic acids is 1. The number of nitrogens with zero attached hydrogens (tertiary/aromatic N) is 1. The number of carbonyl (C=O) groups is 1. The summed E-state index contributed by atoms with van der Waals surface area (Å²) in [6, 6.07) is 3.33. The summed E-state index contributed by atoms with van der Waals surface area (Å²) in [5.41, 5.74) is 0.456. The van der Waals surface area contributed by atoms with Gasteiger partial charge in [0, 0.05) is 6.20 Å². The van der Waals surface area contributed by atoms with Crippen LogP contribution >= 0.6 is 0 Å². The summed E-state index contributed by atoms with van der Waals surface area (Å²) in [4.78, 5) is 15.0. The molecule has 0 saturated carbocycles. The number of ether oxygens (including phenoxy) is 1. The fraction of sp³-hybridized carbons (Fsp3) is 0.200. The Labute approximate surface area is 76.8 Å². The average Bonchev–Trinajstić information content (AvgIpc) is 2.15. The molecule has 3 heteroatoms. The van der Waals surface area contributed by atoms with Gasteiger partial charge in [-0.1, -0.05) is 5.92 Å². The van der Waals surface area contributed by atoms with Crippen LogP contribution in [-0.4, -0.2) is 17.4 Å². The first kappa shape index (κ1) is 9.27. The second-order valence-electron chi connectivity index (χ2n) is 2.41. The standard InChI is InChI=1S/C10H9NO2/c1-3-7-13-10-9(8(2)12)5-4-6-11-10/h1,4-6H,7H2,2H3. The smallest absolute Gasteiger partial charge is 0.225 e. The SMILES string of the molecule is C#CCOc1ncccc1C(C)=O. The lowest BCUT2D eigenvalue weighted by Crippen LogP contribution is -2.02. The number of hydrogen-bond donors (Lipinski definition) is 0. The minimum absolute atomic E-state index is 0.0832. The largest absolute Gasteiger partial charge is 0.464 e. The maximum absolute atomic E-state index is 11.1. The quantitative estimate of drug-likeness (QED) is 0.513. The summed E-state index contributed by atoms with van der Waals surface area (Å²) in [7, 11) is 0. The summed E-state index contributed by atoms with van der Waals surface area (Å²) < 4.78 is 5.08. The molecule has 0 aliphatic carbocycles. The molecule has 66 valence electrons. The lowest BCUT2D eigenvalue weighted by molar-refractivity contribution is 0.101. The van der Waals surface area contributed by atoms with Gasteiger partial charge in [0.05, 0.1) is 5.56 Å². The summed E-state index contributed by atoms with van der Waals surface area (Å²) in [5, 5.41) is 0. The van der Waals surface area contributed by atoms with E-state index >= 15 is 0 Å². The molecule has 1 rings (SSSR count). The average molecular weight is 175 g/mol. The Hall–Kier alpha value is -1.82. The van der Waals surface area contributed by atoms with Gasteiger partial charge in [-0.15, -0.1) is 6.42 Å². The second-order valence-corrected chi connectivity index (χ2v) is 2.41. The zero-order valence-electron chi connectivity index (χ0n) is 7.28. The predicted octanol–water partition coefficient (Wildman–Crippen LogP) is 1.30. The number of hydrogen-bond acceptors (Lipinski definition) is 3. The summed E-state index contributed by atoms with van der Waals surface area (Å²) in [6.07, 6.45) is 6.57. The Balaban J connectivity index is 2.92. The molecule has 1 aromatic heterocycles. The molecule has 0 atom stereocenters. The van der Waals surface area contributed by atoms with Crippen LogP contribution in [0.25, 0.3) is 0 Å². The third kappa shape index (κ3) is 2.31. The number of aromatic nitrogens is 1. The fourth-order valence-electron chi connectivity index (χ4n) is 0.884. The van der Waals surface area contributed by atoms with Crippen molar-refractivity contribution in [3.63, 3.8) is 0 Å². The zero-order valence-corrected chi connectivity index (χ0v) is 7.28. The van der Waals surface area contributed by atoms with E-state index in [1.165, 1.54) is 6.92 Å². The van der Waals surface area contributed by atoms with Gasteiger partial charge in [-0.25, -0.2) is 4.98 Å². The summed E-state index contributed by atoms with van der Waals surface area (Å²) in [5.74, 6) is 2.52. The monoisotopic (exact) mass is 175 g/mol. The molecule has 0 saturated heterocycles. The minimum atomic E-state index is -0.0832. The Kier molecular flexibility index (Phi) is 3.04. The maximum atomic E-state index is 11.1. The number of rotatable bonds is 3. The van der Waals surface area contributed by atoms with Crippen LogP contribution in [0.5, 0.6) is 5.88 Å². The first-order chi connectivity index (χ1) is 6.25. The van der Waals surface area contributed by atoms with Crippen molar-refractivity contribution in [2.24, 2.45) is 0 Å². The van der Waals surface area contributed by atoms with E-state index in [1.807, 2.05) is 0 Å². The van der Waals surface area contributed by atoms with Gasteiger partial charge in [-0.3, -0.25) is 4.79 Å². The number of terminal acetylenes is 1. The first-order valence-electron chi connectivity index (χ1n) is 3.78. The van der Waals surface area contributed by atoms with Gasteiger partial charge in [0.1, 0.15) is 0 Å². The summed E-state index contributed by atoms with van der Waals surface area (Å²) >= 11 is 0. The lowest BCUT2D eigenvalue weighted by atomic mass is 10.2. The molecule has 0 aliphatic rings. The molecule has 13 heavy (non-hydrogen) atoms. The molecule has 3 nitrogen and oxygen atoms in total. The van der Waals surface area contributed by atoms with Gasteiger partial charge in [0.2, 0.25) is 5.88 Å². The van der Waals surface area contributed by atoms with Gasteiger partial charge in [-0.05, 0) is 19.1 Å². The van der Waals surface area contributed by atoms with E-state index in [0.29, 0.717) is 11.4 Å². The van der Waals surface area contributed by atoms with Crippen LogP contribution in [0.2, 0.25) is 0 Å². The van der Waals surface area contributed by atoms with Crippen molar-refractivity contribution in [2.45, 2.75) is 6.92 Å². The first-order valence-corrected chi connectivity index (χ1v) is 3.78. The van der Waals surface area contributed by atoms with E-state index in [9.17, 15) is 4.79 Å². The molecule has 0 spiro atoms. The molecule has 0 amide bonds. The highest BCUT2D eigenvalue weighted by molar-refractivity contribution is 5.96. The molecular weight excluding hydrogens is 166 g/mol. The summed E-state index contributed by atoms with van der Waals surface area (Å²) in [6.45, 7) is 1.58. The van der Waals surface area contributed by atoms with E-state index in [0.717, 1.165) is 0 Å². The third-order valence-corrected chi connectivity index (χ3v) is 1.44. The predicted molar refractivity (Wildman–Crippen MR) is 48.6 cm³/mol. The number of pyridine rings is 1. The highest BCUT2D eigenvalue weighted by Crippen LogP contribution is 2.14. The van der Waals surface area contributed by atoms with E-state index in [4.69, 9.17) is 11.2 Å². The molecular formula is C10H9NO2. The second kappa shape index (κ2) is 4.27. The Morgan fingerprint density at radius 2 is 2.54 bits per heavy atom. The van der Waals surface area contributed by atoms with Crippen molar-refractivity contribution in [2.75, 3.05) is 6.61 Å². The van der Waals surface area contributed by atoms with Crippen molar-refractivity contribution in [1.82, 2.24) is 4.98 Å². The van der Waals surface area contributed by atoms with Gasteiger partial charge >= 0.3 is 0 Å². The van der Waals surface area contributed by atoms with Gasteiger partial charge < -0.3 is 4.74 Å². The van der Waals surface area contributed by atoms with Crippen LogP contribution in [0.1, 0.15) is 17.3 Å². The van der Waals surface area contributed by atoms with E-state index in [-0.39, 0.29) is 12.4 Å². The minimum Gasteiger partial charge on any atom is -0.464 e. The molecule has 1 heterocycles. The maximum Gasteiger partial charge on any atom is 0.225 e. The lowest BCUT2D eigenvalue weighted by Gasteiger charge is -2.04. The highest BCUT2D eigenvalue weighted by Gasteiger charge is 2.07. The van der Waals surface area contributed by atoms with Crippen molar-refractivity contribution >= 4 is 5.78 Å². The third-order valence-electron chi connectivity index (χ3n) is 1.44. The van der Waals surface area contributed by atoms with Crippen LogP contribution in [0.4, 0.5) is 0 Å². The highest BCUT2D eigenvalue weighted by atomic mass is 16.5. The number of ketones is 1. The van der Waals surface area contributed by atoms with E-state index in [1.54, 1.807) is 18.3 Å². The van der Waals surface area contributed by atoms with Crippen LogP contribution in [-0.2, 0) is 0 Å². The normalized spacial score (nSPS) is 8.92. The van der Waals surface area contributed by atoms with Gasteiger partial charge in [0.25, 0.3) is 0 Å². The van der Waals surface area contributed by atoms with E-state index in [2.05, 4.69) is 10.9 Å². The van der Waals surface area contributed by atoms with Crippen molar-refractivity contribution in [1.29, 1.82) is 0 Å². The Bertz CT molecular complexity index is 352. The van der Waals surface area contributed by atoms with Crippen molar-refractivity contribution in [3.05, 3.63) is 23.9 Å². The Morgan fingerprint density at radius 1 is 1.77 bits per heavy atom. The van der Waals surface area contributed by atoms with Crippen molar-refractivity contribution in [3.8, 4) is 18.2 Å². The molecule has 0 aromatic carbocycles. The van der Waals surface area contributed by atoms with E-state index < -0.39 is 0 Å².